The summed E-state index contributed by atoms with van der Waals surface area (Å²) in [5.74, 6) is 0.360. The van der Waals surface area contributed by atoms with Crippen molar-refractivity contribution in [1.82, 2.24) is 15.5 Å². The summed E-state index contributed by atoms with van der Waals surface area (Å²) < 4.78 is 0. The fraction of sp³-hybridized carbons (Fsp3) is 0.857. The van der Waals surface area contributed by atoms with Crippen LogP contribution in [0, 0.1) is 5.92 Å². The fourth-order valence-corrected chi connectivity index (χ4v) is 2.47. The molecule has 1 aliphatic heterocycles. The van der Waals surface area contributed by atoms with Crippen molar-refractivity contribution in [1.29, 1.82) is 0 Å². The van der Waals surface area contributed by atoms with E-state index in [1.165, 1.54) is 0 Å². The lowest BCUT2D eigenvalue weighted by Gasteiger charge is -2.30. The molecule has 1 heterocycles. The maximum atomic E-state index is 12.4. The number of carbonyl (C=O) groups excluding carboxylic acids is 2. The van der Waals surface area contributed by atoms with Crippen molar-refractivity contribution >= 4 is 11.8 Å². The number of nitrogens with one attached hydrogen (secondary N) is 2. The summed E-state index contributed by atoms with van der Waals surface area (Å²) in [6, 6.07) is -0.482. The van der Waals surface area contributed by atoms with Crippen LogP contribution in [-0.2, 0) is 9.59 Å². The van der Waals surface area contributed by atoms with Crippen LogP contribution < -0.4 is 10.6 Å². The lowest BCUT2D eigenvalue weighted by Crippen LogP contribution is -2.52. The Balaban J connectivity index is 2.71. The molecule has 0 radical (unpaired) electrons. The molecule has 1 saturated heterocycles. The molecule has 5 heteroatoms. The standard InChI is InChI=1S/C14H27N3O2/c1-5-15-13(18)12(9-10(2)3)17(4)14(19)11-7-6-8-16-11/h10-12,16H,5-9H2,1-4H3,(H,15,18)/t11-,12-/m0/s1. The van der Waals surface area contributed by atoms with Crippen LogP contribution >= 0.6 is 0 Å². The van der Waals surface area contributed by atoms with Crippen molar-refractivity contribution in [3.63, 3.8) is 0 Å². The predicted octanol–water partition coefficient (Wildman–Crippen LogP) is 0.748. The van der Waals surface area contributed by atoms with Gasteiger partial charge in [0.2, 0.25) is 11.8 Å². The third-order valence-corrected chi connectivity index (χ3v) is 3.52. The number of nitrogens with zero attached hydrogens (tertiary/aromatic N) is 1. The van der Waals surface area contributed by atoms with E-state index in [0.29, 0.717) is 18.9 Å². The Labute approximate surface area is 116 Å². The van der Waals surface area contributed by atoms with Crippen LogP contribution in [0.15, 0.2) is 0 Å². The topological polar surface area (TPSA) is 61.4 Å². The zero-order valence-electron chi connectivity index (χ0n) is 12.5. The summed E-state index contributed by atoms with van der Waals surface area (Å²) in [6.07, 6.45) is 2.59. The lowest BCUT2D eigenvalue weighted by atomic mass is 10.0. The smallest absolute Gasteiger partial charge is 0.242 e. The molecule has 1 aliphatic rings. The molecular weight excluding hydrogens is 242 g/mol. The van der Waals surface area contributed by atoms with E-state index in [-0.39, 0.29) is 23.9 Å². The van der Waals surface area contributed by atoms with Crippen LogP contribution in [0.3, 0.4) is 0 Å². The van der Waals surface area contributed by atoms with Gasteiger partial charge in [-0.3, -0.25) is 9.59 Å². The first kappa shape index (κ1) is 16.0. The van der Waals surface area contributed by atoms with Gasteiger partial charge in [0, 0.05) is 13.6 Å². The highest BCUT2D eigenvalue weighted by molar-refractivity contribution is 5.89. The third kappa shape index (κ3) is 4.49. The Morgan fingerprint density at radius 1 is 1.42 bits per heavy atom. The van der Waals surface area contributed by atoms with Crippen LogP contribution in [0.4, 0.5) is 0 Å². The first-order valence-corrected chi connectivity index (χ1v) is 7.25. The molecule has 0 unspecified atom stereocenters. The van der Waals surface area contributed by atoms with Gasteiger partial charge in [-0.1, -0.05) is 13.8 Å². The van der Waals surface area contributed by atoms with E-state index in [1.54, 1.807) is 11.9 Å². The molecule has 0 spiro atoms. The van der Waals surface area contributed by atoms with Gasteiger partial charge in [0.25, 0.3) is 0 Å². The second-order valence-electron chi connectivity index (χ2n) is 5.64. The van der Waals surface area contributed by atoms with Crippen molar-refractivity contribution < 1.29 is 9.59 Å². The first-order valence-electron chi connectivity index (χ1n) is 7.25. The summed E-state index contributed by atoms with van der Waals surface area (Å²) >= 11 is 0. The Hall–Kier alpha value is -1.10. The van der Waals surface area contributed by atoms with Crippen molar-refractivity contribution in [2.45, 2.75) is 52.1 Å². The summed E-state index contributed by atoms with van der Waals surface area (Å²) in [7, 11) is 1.74. The number of hydrogen-bond donors (Lipinski definition) is 2. The minimum Gasteiger partial charge on any atom is -0.355 e. The average Bonchev–Trinajstić information content (AvgIpc) is 2.88. The SMILES string of the molecule is CCNC(=O)[C@H](CC(C)C)N(C)C(=O)[C@@H]1CCCN1. The van der Waals surface area contributed by atoms with Gasteiger partial charge in [-0.25, -0.2) is 0 Å². The molecule has 2 amide bonds. The van der Waals surface area contributed by atoms with E-state index in [4.69, 9.17) is 0 Å². The monoisotopic (exact) mass is 269 g/mol. The van der Waals surface area contributed by atoms with E-state index < -0.39 is 0 Å². The molecule has 2 N–H and O–H groups in total. The predicted molar refractivity (Wildman–Crippen MR) is 75.7 cm³/mol. The van der Waals surface area contributed by atoms with Crippen molar-refractivity contribution in [2.75, 3.05) is 20.1 Å². The van der Waals surface area contributed by atoms with Crippen LogP contribution in [0.1, 0.15) is 40.0 Å². The molecule has 5 nitrogen and oxygen atoms in total. The number of rotatable bonds is 6. The van der Waals surface area contributed by atoms with Gasteiger partial charge in [0.15, 0.2) is 0 Å². The van der Waals surface area contributed by atoms with E-state index >= 15 is 0 Å². The van der Waals surface area contributed by atoms with Gasteiger partial charge in [-0.05, 0) is 38.6 Å². The average molecular weight is 269 g/mol. The summed E-state index contributed by atoms with van der Waals surface area (Å²) in [4.78, 5) is 26.1. The molecule has 1 fully saturated rings. The van der Waals surface area contributed by atoms with Crippen LogP contribution in [-0.4, -0.2) is 48.9 Å². The van der Waals surface area contributed by atoms with Gasteiger partial charge >= 0.3 is 0 Å². The summed E-state index contributed by atoms with van der Waals surface area (Å²) in [6.45, 7) is 7.51. The van der Waals surface area contributed by atoms with E-state index in [1.807, 2.05) is 6.92 Å². The second kappa shape index (κ2) is 7.48. The molecule has 0 aromatic carbocycles. The Morgan fingerprint density at radius 2 is 2.11 bits per heavy atom. The third-order valence-electron chi connectivity index (χ3n) is 3.52. The van der Waals surface area contributed by atoms with E-state index in [0.717, 1.165) is 19.4 Å². The van der Waals surface area contributed by atoms with E-state index in [9.17, 15) is 9.59 Å². The summed E-state index contributed by atoms with van der Waals surface area (Å²) in [5, 5.41) is 6.02. The van der Waals surface area contributed by atoms with Crippen molar-refractivity contribution in [2.24, 2.45) is 5.92 Å². The molecule has 0 aromatic rings. The molecule has 0 saturated carbocycles. The normalized spacial score (nSPS) is 20.4. The first-order chi connectivity index (χ1) is 8.97. The van der Waals surface area contributed by atoms with Crippen molar-refractivity contribution in [3.05, 3.63) is 0 Å². The Kier molecular flexibility index (Phi) is 6.28. The molecule has 1 rings (SSSR count). The molecule has 110 valence electrons. The highest BCUT2D eigenvalue weighted by atomic mass is 16.2. The minimum absolute atomic E-state index is 0.0365. The zero-order valence-corrected chi connectivity index (χ0v) is 12.5. The van der Waals surface area contributed by atoms with Crippen molar-refractivity contribution in [3.8, 4) is 0 Å². The van der Waals surface area contributed by atoms with Gasteiger partial charge in [-0.2, -0.15) is 0 Å². The molecule has 2 atom stereocenters. The summed E-state index contributed by atoms with van der Waals surface area (Å²) in [5.41, 5.74) is 0. The maximum Gasteiger partial charge on any atom is 0.242 e. The minimum atomic E-state index is -0.366. The molecule has 0 aliphatic carbocycles. The molecule has 0 bridgehead atoms. The van der Waals surface area contributed by atoms with E-state index in [2.05, 4.69) is 24.5 Å². The zero-order chi connectivity index (χ0) is 14.4. The Bertz CT molecular complexity index is 312. The van der Waals surface area contributed by atoms with Crippen LogP contribution in [0.2, 0.25) is 0 Å². The number of likely N-dealkylation sites (N-methyl/N-ethyl adjacent to an activating group) is 2. The lowest BCUT2D eigenvalue weighted by molar-refractivity contribution is -0.140. The molecule has 19 heavy (non-hydrogen) atoms. The quantitative estimate of drug-likeness (QED) is 0.748. The van der Waals surface area contributed by atoms with Crippen LogP contribution in [0.5, 0.6) is 0 Å². The fourth-order valence-electron chi connectivity index (χ4n) is 2.47. The second-order valence-corrected chi connectivity index (χ2v) is 5.64. The molecule has 0 aromatic heterocycles. The Morgan fingerprint density at radius 3 is 2.58 bits per heavy atom. The number of hydrogen-bond acceptors (Lipinski definition) is 3. The molecular formula is C14H27N3O2. The van der Waals surface area contributed by atoms with Gasteiger partial charge in [-0.15, -0.1) is 0 Å². The van der Waals surface area contributed by atoms with Gasteiger partial charge < -0.3 is 15.5 Å². The highest BCUT2D eigenvalue weighted by Crippen LogP contribution is 2.15. The number of carbonyl (C=O) groups is 2. The largest absolute Gasteiger partial charge is 0.355 e. The van der Waals surface area contributed by atoms with Gasteiger partial charge in [0.05, 0.1) is 6.04 Å². The maximum absolute atomic E-state index is 12.4. The highest BCUT2D eigenvalue weighted by Gasteiger charge is 2.32. The van der Waals surface area contributed by atoms with Crippen LogP contribution in [0.25, 0.3) is 0 Å². The number of amides is 2. The van der Waals surface area contributed by atoms with Gasteiger partial charge in [0.1, 0.15) is 6.04 Å².